The van der Waals surface area contributed by atoms with E-state index in [0.29, 0.717) is 6.61 Å². The highest BCUT2D eigenvalue weighted by Crippen LogP contribution is 2.44. The van der Waals surface area contributed by atoms with Crippen LogP contribution < -0.4 is 0 Å². The molecule has 3 nitrogen and oxygen atoms in total. The standard InChI is InChI=1S/C20H27NO2S/c1-4-18(15-22-3)24-16(2)13-21-11-9-20(10-12-21)19-8-6-5-7-17(19)14-23-20/h4-8H,2,9-15H2,1,3H3/b18-4-. The second-order valence-electron chi connectivity index (χ2n) is 6.54. The average Bonchev–Trinajstić information content (AvgIpc) is 2.96. The summed E-state index contributed by atoms with van der Waals surface area (Å²) in [5, 5.41) is 0. The number of hydrogen-bond acceptors (Lipinski definition) is 4. The van der Waals surface area contributed by atoms with Gasteiger partial charge in [-0.25, -0.2) is 0 Å². The summed E-state index contributed by atoms with van der Waals surface area (Å²) in [6.45, 7) is 10.8. The summed E-state index contributed by atoms with van der Waals surface area (Å²) in [6, 6.07) is 8.68. The highest BCUT2D eigenvalue weighted by atomic mass is 32.2. The van der Waals surface area contributed by atoms with Crippen LogP contribution in [0.5, 0.6) is 0 Å². The quantitative estimate of drug-likeness (QED) is 0.766. The van der Waals surface area contributed by atoms with E-state index in [0.717, 1.165) is 39.1 Å². The average molecular weight is 346 g/mol. The molecule has 0 amide bonds. The van der Waals surface area contributed by atoms with Crippen LogP contribution in [0.25, 0.3) is 0 Å². The van der Waals surface area contributed by atoms with Gasteiger partial charge in [-0.2, -0.15) is 0 Å². The molecule has 3 rings (SSSR count). The van der Waals surface area contributed by atoms with E-state index in [4.69, 9.17) is 9.47 Å². The third kappa shape index (κ3) is 3.77. The van der Waals surface area contributed by atoms with Crippen LogP contribution in [0.4, 0.5) is 0 Å². The van der Waals surface area contributed by atoms with Gasteiger partial charge in [0.25, 0.3) is 0 Å². The number of methoxy groups -OCH3 is 1. The molecule has 1 aromatic carbocycles. The fourth-order valence-electron chi connectivity index (χ4n) is 3.65. The first kappa shape index (κ1) is 17.7. The Morgan fingerprint density at radius 1 is 1.38 bits per heavy atom. The molecule has 1 saturated heterocycles. The van der Waals surface area contributed by atoms with Crippen LogP contribution in [0.1, 0.15) is 30.9 Å². The summed E-state index contributed by atoms with van der Waals surface area (Å²) in [4.78, 5) is 4.90. The van der Waals surface area contributed by atoms with Crippen LogP contribution in [0.15, 0.2) is 46.7 Å². The molecule has 4 heteroatoms. The van der Waals surface area contributed by atoms with Gasteiger partial charge in [0.15, 0.2) is 0 Å². The molecule has 1 aromatic rings. The smallest absolute Gasteiger partial charge is 0.0963 e. The van der Waals surface area contributed by atoms with Crippen LogP contribution in [-0.4, -0.2) is 38.3 Å². The first-order valence-corrected chi connectivity index (χ1v) is 9.43. The fourth-order valence-corrected chi connectivity index (χ4v) is 4.56. The number of allylic oxidation sites excluding steroid dienone is 1. The van der Waals surface area contributed by atoms with E-state index in [1.165, 1.54) is 20.9 Å². The van der Waals surface area contributed by atoms with Gasteiger partial charge in [-0.3, -0.25) is 4.90 Å². The number of likely N-dealkylation sites (tertiary alicyclic amines) is 1. The molecule has 1 spiro atoms. The fraction of sp³-hybridized carbons (Fsp3) is 0.500. The monoisotopic (exact) mass is 345 g/mol. The topological polar surface area (TPSA) is 21.7 Å². The number of rotatable bonds is 6. The van der Waals surface area contributed by atoms with Crippen LogP contribution >= 0.6 is 11.8 Å². The first-order valence-electron chi connectivity index (χ1n) is 8.61. The number of piperidine rings is 1. The Labute approximate surface area is 149 Å². The number of ether oxygens (including phenoxy) is 2. The van der Waals surface area contributed by atoms with Crippen molar-refractivity contribution in [1.29, 1.82) is 0 Å². The van der Waals surface area contributed by atoms with Gasteiger partial charge in [0.1, 0.15) is 0 Å². The van der Waals surface area contributed by atoms with Crippen molar-refractivity contribution in [1.82, 2.24) is 4.90 Å². The van der Waals surface area contributed by atoms with Crippen LogP contribution in [0, 0.1) is 0 Å². The summed E-state index contributed by atoms with van der Waals surface area (Å²) >= 11 is 1.74. The summed E-state index contributed by atoms with van der Waals surface area (Å²) in [5.74, 6) is 0. The summed E-state index contributed by atoms with van der Waals surface area (Å²) < 4.78 is 11.5. The van der Waals surface area contributed by atoms with Crippen molar-refractivity contribution < 1.29 is 9.47 Å². The van der Waals surface area contributed by atoms with Crippen molar-refractivity contribution in [3.63, 3.8) is 0 Å². The molecule has 0 aliphatic carbocycles. The summed E-state index contributed by atoms with van der Waals surface area (Å²) in [7, 11) is 1.73. The molecule has 24 heavy (non-hydrogen) atoms. The van der Waals surface area contributed by atoms with E-state index >= 15 is 0 Å². The van der Waals surface area contributed by atoms with Gasteiger partial charge < -0.3 is 9.47 Å². The maximum absolute atomic E-state index is 6.24. The minimum absolute atomic E-state index is 0.0495. The zero-order chi connectivity index (χ0) is 17.0. The van der Waals surface area contributed by atoms with E-state index in [1.807, 2.05) is 6.92 Å². The van der Waals surface area contributed by atoms with Crippen molar-refractivity contribution in [3.05, 3.63) is 57.9 Å². The molecule has 0 N–H and O–H groups in total. The van der Waals surface area contributed by atoms with E-state index in [1.54, 1.807) is 18.9 Å². The SMILES string of the molecule is C=C(CN1CCC2(CC1)OCc1ccccc12)S/C(=C\C)COC. The van der Waals surface area contributed by atoms with Crippen molar-refractivity contribution >= 4 is 11.8 Å². The molecular weight excluding hydrogens is 318 g/mol. The van der Waals surface area contributed by atoms with Crippen molar-refractivity contribution in [2.45, 2.75) is 32.0 Å². The van der Waals surface area contributed by atoms with Gasteiger partial charge in [0.2, 0.25) is 0 Å². The Bertz CT molecular complexity index is 618. The predicted molar refractivity (Wildman–Crippen MR) is 101 cm³/mol. The minimum Gasteiger partial charge on any atom is -0.379 e. The number of thioether (sulfide) groups is 1. The molecule has 1 fully saturated rings. The number of hydrogen-bond donors (Lipinski definition) is 0. The summed E-state index contributed by atoms with van der Waals surface area (Å²) in [6.07, 6.45) is 4.24. The third-order valence-electron chi connectivity index (χ3n) is 4.96. The molecule has 130 valence electrons. The normalized spacial score (nSPS) is 20.3. The molecule has 0 aromatic heterocycles. The highest BCUT2D eigenvalue weighted by molar-refractivity contribution is 8.06. The molecule has 0 bridgehead atoms. The molecular formula is C20H27NO2S. The lowest BCUT2D eigenvalue weighted by atomic mass is 9.84. The van der Waals surface area contributed by atoms with Gasteiger partial charge in [-0.15, -0.1) is 0 Å². The van der Waals surface area contributed by atoms with Crippen LogP contribution in [-0.2, 0) is 21.7 Å². The minimum atomic E-state index is -0.0495. The highest BCUT2D eigenvalue weighted by Gasteiger charge is 2.42. The van der Waals surface area contributed by atoms with Crippen LogP contribution in [0.3, 0.4) is 0 Å². The Balaban J connectivity index is 1.54. The largest absolute Gasteiger partial charge is 0.379 e. The molecule has 2 aliphatic heterocycles. The second-order valence-corrected chi connectivity index (χ2v) is 7.85. The molecule has 2 aliphatic rings. The maximum atomic E-state index is 6.24. The Hall–Kier alpha value is -1.07. The molecule has 2 heterocycles. The van der Waals surface area contributed by atoms with E-state index in [2.05, 4.69) is 41.8 Å². The molecule has 0 saturated carbocycles. The molecule has 0 atom stereocenters. The van der Waals surface area contributed by atoms with Gasteiger partial charge in [-0.1, -0.05) is 48.7 Å². The molecule has 0 unspecified atom stereocenters. The van der Waals surface area contributed by atoms with Crippen molar-refractivity contribution in [2.24, 2.45) is 0 Å². The second kappa shape index (κ2) is 7.87. The first-order chi connectivity index (χ1) is 11.7. The Morgan fingerprint density at radius 3 is 2.83 bits per heavy atom. The number of nitrogens with zero attached hydrogens (tertiary/aromatic N) is 1. The third-order valence-corrected chi connectivity index (χ3v) is 5.99. The number of fused-ring (bicyclic) bond motifs is 2. The van der Waals surface area contributed by atoms with Crippen molar-refractivity contribution in [3.8, 4) is 0 Å². The van der Waals surface area contributed by atoms with E-state index in [-0.39, 0.29) is 5.60 Å². The maximum Gasteiger partial charge on any atom is 0.0963 e. The Morgan fingerprint density at radius 2 is 2.12 bits per heavy atom. The zero-order valence-corrected chi connectivity index (χ0v) is 15.5. The summed E-state index contributed by atoms with van der Waals surface area (Å²) in [5.41, 5.74) is 2.73. The van der Waals surface area contributed by atoms with Gasteiger partial charge in [0.05, 0.1) is 18.8 Å². The lowest BCUT2D eigenvalue weighted by molar-refractivity contribution is -0.0774. The van der Waals surface area contributed by atoms with Gasteiger partial charge in [-0.05, 0) is 35.8 Å². The zero-order valence-electron chi connectivity index (χ0n) is 14.7. The lowest BCUT2D eigenvalue weighted by Gasteiger charge is -2.39. The van der Waals surface area contributed by atoms with Crippen molar-refractivity contribution in [2.75, 3.05) is 33.4 Å². The predicted octanol–water partition coefficient (Wildman–Crippen LogP) is 4.31. The van der Waals surface area contributed by atoms with Gasteiger partial charge >= 0.3 is 0 Å². The lowest BCUT2D eigenvalue weighted by Crippen LogP contribution is -2.42. The Kier molecular flexibility index (Phi) is 5.82. The molecule has 0 radical (unpaired) electrons. The van der Waals surface area contributed by atoms with E-state index < -0.39 is 0 Å². The van der Waals surface area contributed by atoms with Gasteiger partial charge in [0, 0.05) is 31.6 Å². The van der Waals surface area contributed by atoms with E-state index in [9.17, 15) is 0 Å². The van der Waals surface area contributed by atoms with Crippen LogP contribution in [0.2, 0.25) is 0 Å². The number of benzene rings is 1.